The van der Waals surface area contributed by atoms with Crippen LogP contribution in [0, 0.1) is 0 Å². The van der Waals surface area contributed by atoms with Crippen molar-refractivity contribution in [3.8, 4) is 11.3 Å². The molecule has 3 aromatic rings. The van der Waals surface area contributed by atoms with E-state index in [1.807, 2.05) is 66.3 Å². The molecule has 0 radical (unpaired) electrons. The van der Waals surface area contributed by atoms with Gasteiger partial charge in [0.1, 0.15) is 11.3 Å². The normalized spacial score (nSPS) is 11.9. The Kier molecular flexibility index (Phi) is 2.26. The molecule has 0 atom stereocenters. The minimum atomic E-state index is -0.0114. The van der Waals surface area contributed by atoms with E-state index in [-0.39, 0.29) is 5.56 Å². The number of hydrogen-bond acceptors (Lipinski definition) is 2. The van der Waals surface area contributed by atoms with Crippen LogP contribution in [0.15, 0.2) is 65.6 Å². The van der Waals surface area contributed by atoms with Crippen molar-refractivity contribution in [2.24, 2.45) is 7.05 Å². The summed E-state index contributed by atoms with van der Waals surface area (Å²) in [5.41, 5.74) is 4.61. The van der Waals surface area contributed by atoms with Crippen molar-refractivity contribution >= 4 is 27.5 Å². The molecule has 4 nitrogen and oxygen atoms in total. The largest absolute Gasteiger partial charge is 0.328 e. The van der Waals surface area contributed by atoms with Gasteiger partial charge in [-0.15, -0.1) is 0 Å². The second kappa shape index (κ2) is 4.20. The van der Waals surface area contributed by atoms with Crippen LogP contribution in [0.3, 0.4) is 0 Å². The Hall–Kier alpha value is -3.14. The van der Waals surface area contributed by atoms with Gasteiger partial charge in [-0.05, 0) is 24.3 Å². The van der Waals surface area contributed by atoms with E-state index in [9.17, 15) is 4.79 Å². The van der Waals surface area contributed by atoms with Crippen molar-refractivity contribution in [2.75, 3.05) is 0 Å². The lowest BCUT2D eigenvalue weighted by Gasteiger charge is -2.14. The summed E-state index contributed by atoms with van der Waals surface area (Å²) in [7, 11) is 1.98. The van der Waals surface area contributed by atoms with Crippen LogP contribution in [-0.2, 0) is 7.05 Å². The number of para-hydroxylation sites is 2. The van der Waals surface area contributed by atoms with E-state index in [1.54, 1.807) is 4.40 Å². The van der Waals surface area contributed by atoms with Gasteiger partial charge < -0.3 is 4.57 Å². The number of hydrogen-bond donors (Lipinski definition) is 0. The Morgan fingerprint density at radius 2 is 1.65 bits per heavy atom. The van der Waals surface area contributed by atoms with Crippen LogP contribution in [0.2, 0.25) is 0 Å². The summed E-state index contributed by atoms with van der Waals surface area (Å²) in [5.74, 6) is 0. The molecule has 3 heterocycles. The van der Waals surface area contributed by atoms with Crippen LogP contribution in [0.25, 0.3) is 38.7 Å². The minimum Gasteiger partial charge on any atom is -0.328 e. The van der Waals surface area contributed by atoms with E-state index in [4.69, 9.17) is 4.98 Å². The fraction of sp³-hybridized carbons (Fsp3) is 0.0526. The Morgan fingerprint density at radius 1 is 0.913 bits per heavy atom. The number of rotatable bonds is 0. The fourth-order valence-corrected chi connectivity index (χ4v) is 3.46. The number of aryl methyl sites for hydroxylation is 1. The SMILES string of the molecule is Cn1c2ccccc2c(=O)n2ccc3c4ccccc4nc-3c12. The number of fused-ring (bicyclic) bond motifs is 6. The molecule has 0 bridgehead atoms. The zero-order chi connectivity index (χ0) is 15.6. The van der Waals surface area contributed by atoms with Gasteiger partial charge in [-0.1, -0.05) is 30.3 Å². The van der Waals surface area contributed by atoms with E-state index in [0.717, 1.165) is 33.3 Å². The molecule has 2 aliphatic rings. The zero-order valence-electron chi connectivity index (χ0n) is 12.5. The fourth-order valence-electron chi connectivity index (χ4n) is 3.46. The highest BCUT2D eigenvalue weighted by Gasteiger charge is 2.18. The molecule has 110 valence electrons. The topological polar surface area (TPSA) is 39.3 Å². The number of aromatic nitrogens is 3. The quantitative estimate of drug-likeness (QED) is 0.411. The molecular formula is C19H13N3O. The standard InChI is InChI=1S/C19H13N3O/c1-21-16-9-5-3-7-14(16)19(23)22-11-10-13-12-6-2-4-8-15(12)20-17(13)18(21)22/h2-11H,1H3. The summed E-state index contributed by atoms with van der Waals surface area (Å²) in [4.78, 5) is 17.6. The van der Waals surface area contributed by atoms with Gasteiger partial charge in [-0.2, -0.15) is 0 Å². The summed E-state index contributed by atoms with van der Waals surface area (Å²) in [6.07, 6.45) is 1.85. The molecule has 5 rings (SSSR count). The maximum absolute atomic E-state index is 12.8. The molecule has 0 fully saturated rings. The smallest absolute Gasteiger partial charge is 0.265 e. The molecule has 4 heteroatoms. The Labute approximate surface area is 131 Å². The van der Waals surface area contributed by atoms with Crippen molar-refractivity contribution in [3.63, 3.8) is 0 Å². The highest BCUT2D eigenvalue weighted by molar-refractivity contribution is 6.01. The van der Waals surface area contributed by atoms with Crippen molar-refractivity contribution in [1.29, 1.82) is 0 Å². The minimum absolute atomic E-state index is 0.0114. The van der Waals surface area contributed by atoms with E-state index in [0.29, 0.717) is 5.39 Å². The molecule has 1 aromatic heterocycles. The molecule has 2 aliphatic heterocycles. The Balaban J connectivity index is 2.11. The Morgan fingerprint density at radius 3 is 2.52 bits per heavy atom. The predicted molar refractivity (Wildman–Crippen MR) is 92.1 cm³/mol. The summed E-state index contributed by atoms with van der Waals surface area (Å²) in [6, 6.07) is 17.7. The van der Waals surface area contributed by atoms with Gasteiger partial charge in [0.05, 0.1) is 16.4 Å². The summed E-state index contributed by atoms with van der Waals surface area (Å²) in [6.45, 7) is 0. The first kappa shape index (κ1) is 12.4. The van der Waals surface area contributed by atoms with E-state index in [1.165, 1.54) is 0 Å². The van der Waals surface area contributed by atoms with Gasteiger partial charge in [-0.25, -0.2) is 4.98 Å². The predicted octanol–water partition coefficient (Wildman–Crippen LogP) is 3.44. The van der Waals surface area contributed by atoms with Gasteiger partial charge in [-0.3, -0.25) is 9.20 Å². The summed E-state index contributed by atoms with van der Waals surface area (Å²) in [5, 5.41) is 1.83. The third-order valence-corrected chi connectivity index (χ3v) is 4.54. The highest BCUT2D eigenvalue weighted by atomic mass is 16.1. The van der Waals surface area contributed by atoms with E-state index in [2.05, 4.69) is 6.07 Å². The lowest BCUT2D eigenvalue weighted by Crippen LogP contribution is -2.19. The summed E-state index contributed by atoms with van der Waals surface area (Å²) < 4.78 is 3.74. The molecule has 0 N–H and O–H groups in total. The van der Waals surface area contributed by atoms with Crippen LogP contribution >= 0.6 is 0 Å². The molecule has 0 unspecified atom stereocenters. The van der Waals surface area contributed by atoms with Gasteiger partial charge >= 0.3 is 0 Å². The van der Waals surface area contributed by atoms with Crippen molar-refractivity contribution in [2.45, 2.75) is 0 Å². The molecule has 23 heavy (non-hydrogen) atoms. The van der Waals surface area contributed by atoms with Crippen LogP contribution in [-0.4, -0.2) is 14.0 Å². The lowest BCUT2D eigenvalue weighted by atomic mass is 10.1. The third-order valence-electron chi connectivity index (χ3n) is 4.54. The van der Waals surface area contributed by atoms with Crippen LogP contribution in [0.5, 0.6) is 0 Å². The first-order valence-electron chi connectivity index (χ1n) is 7.53. The van der Waals surface area contributed by atoms with E-state index >= 15 is 0 Å². The van der Waals surface area contributed by atoms with Crippen molar-refractivity contribution in [1.82, 2.24) is 14.0 Å². The second-order valence-electron chi connectivity index (χ2n) is 5.78. The van der Waals surface area contributed by atoms with Gasteiger partial charge in [0.25, 0.3) is 5.56 Å². The monoisotopic (exact) mass is 299 g/mol. The number of pyridine rings is 1. The Bertz CT molecular complexity index is 1250. The average molecular weight is 299 g/mol. The molecule has 0 aliphatic carbocycles. The highest BCUT2D eigenvalue weighted by Crippen LogP contribution is 2.33. The molecule has 0 saturated heterocycles. The van der Waals surface area contributed by atoms with Gasteiger partial charge in [0.2, 0.25) is 0 Å². The van der Waals surface area contributed by atoms with Gasteiger partial charge in [0, 0.05) is 24.2 Å². The average Bonchev–Trinajstić information content (AvgIpc) is 2.98. The van der Waals surface area contributed by atoms with Crippen molar-refractivity contribution < 1.29 is 0 Å². The summed E-state index contributed by atoms with van der Waals surface area (Å²) >= 11 is 0. The molecule has 0 amide bonds. The third kappa shape index (κ3) is 1.50. The number of nitrogens with zero attached hydrogens (tertiary/aromatic N) is 3. The second-order valence-corrected chi connectivity index (χ2v) is 5.78. The molecule has 0 saturated carbocycles. The van der Waals surface area contributed by atoms with Crippen LogP contribution in [0.4, 0.5) is 0 Å². The first-order chi connectivity index (χ1) is 11.3. The zero-order valence-corrected chi connectivity index (χ0v) is 12.5. The lowest BCUT2D eigenvalue weighted by molar-refractivity contribution is 0.918. The first-order valence-corrected chi connectivity index (χ1v) is 7.53. The molecular weight excluding hydrogens is 286 g/mol. The van der Waals surface area contributed by atoms with E-state index < -0.39 is 0 Å². The van der Waals surface area contributed by atoms with Crippen LogP contribution < -0.4 is 5.56 Å². The molecule has 2 aromatic carbocycles. The maximum Gasteiger partial charge on any atom is 0.265 e. The number of benzene rings is 2. The van der Waals surface area contributed by atoms with Crippen LogP contribution in [0.1, 0.15) is 0 Å². The maximum atomic E-state index is 12.8. The van der Waals surface area contributed by atoms with Crippen molar-refractivity contribution in [3.05, 3.63) is 71.1 Å². The molecule has 0 spiro atoms. The van der Waals surface area contributed by atoms with Gasteiger partial charge in [0.15, 0.2) is 0 Å².